The van der Waals surface area contributed by atoms with Gasteiger partial charge in [0.15, 0.2) is 0 Å². The molecule has 0 radical (unpaired) electrons. The van der Waals surface area contributed by atoms with E-state index in [2.05, 4.69) is 51.7 Å². The van der Waals surface area contributed by atoms with E-state index in [0.717, 1.165) is 42.7 Å². The van der Waals surface area contributed by atoms with E-state index < -0.39 is 17.7 Å². The van der Waals surface area contributed by atoms with E-state index in [1.807, 2.05) is 25.1 Å². The number of hydrogen-bond acceptors (Lipinski definition) is 6. The summed E-state index contributed by atoms with van der Waals surface area (Å²) in [5.74, 6) is -0.263. The molecule has 0 aliphatic carbocycles. The first-order chi connectivity index (χ1) is 19.0. The first-order valence-corrected chi connectivity index (χ1v) is 14.4. The number of aryl methyl sites for hydroxylation is 1. The van der Waals surface area contributed by atoms with Crippen LogP contribution in [0, 0.1) is 12.8 Å². The second kappa shape index (κ2) is 12.6. The number of Topliss-reactive ketones (excluding diaryl/α,β-unsaturated/α-hetero) is 1. The average Bonchev–Trinajstić information content (AvgIpc) is 3.17. The van der Waals surface area contributed by atoms with Crippen molar-refractivity contribution >= 4 is 17.4 Å². The molecule has 40 heavy (non-hydrogen) atoms. The Labute approximate surface area is 238 Å². The zero-order valence-electron chi connectivity index (χ0n) is 24.8. The molecule has 2 aliphatic rings. The number of rotatable bonds is 9. The van der Waals surface area contributed by atoms with Crippen molar-refractivity contribution < 1.29 is 24.2 Å². The summed E-state index contributed by atoms with van der Waals surface area (Å²) in [7, 11) is 0. The van der Waals surface area contributed by atoms with Crippen LogP contribution < -0.4 is 4.74 Å². The normalized spacial score (nSPS) is 20.0. The Morgan fingerprint density at radius 1 is 1.05 bits per heavy atom. The number of ether oxygens (including phenoxy) is 2. The topological polar surface area (TPSA) is 79.3 Å². The van der Waals surface area contributed by atoms with E-state index in [4.69, 9.17) is 9.47 Å². The minimum atomic E-state index is -0.657. The highest BCUT2D eigenvalue weighted by Crippen LogP contribution is 2.41. The van der Waals surface area contributed by atoms with Crippen LogP contribution in [0.15, 0.2) is 48.0 Å². The fourth-order valence-corrected chi connectivity index (χ4v) is 5.31. The van der Waals surface area contributed by atoms with Crippen LogP contribution in [0.5, 0.6) is 5.75 Å². The highest BCUT2D eigenvalue weighted by atomic mass is 16.5. The van der Waals surface area contributed by atoms with Gasteiger partial charge in [-0.3, -0.25) is 14.5 Å². The van der Waals surface area contributed by atoms with Gasteiger partial charge < -0.3 is 19.5 Å². The van der Waals surface area contributed by atoms with Crippen molar-refractivity contribution in [1.82, 2.24) is 9.80 Å². The summed E-state index contributed by atoms with van der Waals surface area (Å²) in [6, 6.07) is 12.8. The van der Waals surface area contributed by atoms with Crippen LogP contribution in [-0.2, 0) is 19.7 Å². The maximum atomic E-state index is 13.5. The number of aliphatic hydroxyl groups is 1. The van der Waals surface area contributed by atoms with E-state index >= 15 is 0 Å². The summed E-state index contributed by atoms with van der Waals surface area (Å²) < 4.78 is 11.3. The molecule has 0 unspecified atom stereocenters. The number of aliphatic hydroxyl groups excluding tert-OH is 1. The largest absolute Gasteiger partial charge is 0.507 e. The van der Waals surface area contributed by atoms with Crippen molar-refractivity contribution in [2.45, 2.75) is 59.4 Å². The third-order valence-electron chi connectivity index (χ3n) is 7.65. The quantitative estimate of drug-likeness (QED) is 0.254. The van der Waals surface area contributed by atoms with Gasteiger partial charge in [0.05, 0.1) is 31.4 Å². The van der Waals surface area contributed by atoms with Gasteiger partial charge in [-0.2, -0.15) is 0 Å². The van der Waals surface area contributed by atoms with Crippen LogP contribution in [0.3, 0.4) is 0 Å². The van der Waals surface area contributed by atoms with Crippen molar-refractivity contribution in [1.29, 1.82) is 0 Å². The summed E-state index contributed by atoms with van der Waals surface area (Å²) in [5, 5.41) is 11.6. The van der Waals surface area contributed by atoms with Crippen LogP contribution >= 0.6 is 0 Å². The van der Waals surface area contributed by atoms with Gasteiger partial charge in [-0.1, -0.05) is 58.9 Å². The van der Waals surface area contributed by atoms with Crippen molar-refractivity contribution in [2.24, 2.45) is 5.92 Å². The zero-order chi connectivity index (χ0) is 29.0. The lowest BCUT2D eigenvalue weighted by molar-refractivity contribution is -0.140. The van der Waals surface area contributed by atoms with E-state index in [1.54, 1.807) is 17.0 Å². The lowest BCUT2D eigenvalue weighted by atomic mass is 9.85. The molecule has 7 heteroatoms. The summed E-state index contributed by atoms with van der Waals surface area (Å²) in [5.41, 5.74) is 3.38. The Bertz CT molecular complexity index is 1240. The smallest absolute Gasteiger partial charge is 0.295 e. The average molecular weight is 549 g/mol. The third-order valence-corrected chi connectivity index (χ3v) is 7.65. The number of carbonyl (C=O) groups is 2. The van der Waals surface area contributed by atoms with Crippen molar-refractivity contribution in [3.8, 4) is 5.75 Å². The molecule has 2 aromatic carbocycles. The molecule has 2 fully saturated rings. The molecule has 0 saturated carbocycles. The molecule has 0 spiro atoms. The Kier molecular flexibility index (Phi) is 9.37. The number of likely N-dealkylation sites (tertiary alicyclic amines) is 1. The van der Waals surface area contributed by atoms with Crippen LogP contribution in [0.4, 0.5) is 0 Å². The molecule has 2 aromatic rings. The summed E-state index contributed by atoms with van der Waals surface area (Å²) >= 11 is 0. The molecule has 1 N–H and O–H groups in total. The molecule has 1 amide bonds. The van der Waals surface area contributed by atoms with Crippen molar-refractivity contribution in [3.05, 3.63) is 70.3 Å². The van der Waals surface area contributed by atoms with Gasteiger partial charge in [0.1, 0.15) is 11.5 Å². The van der Waals surface area contributed by atoms with E-state index in [9.17, 15) is 14.7 Å². The van der Waals surface area contributed by atoms with Gasteiger partial charge in [0.2, 0.25) is 0 Å². The fourth-order valence-electron chi connectivity index (χ4n) is 5.31. The number of nitrogens with zero attached hydrogens (tertiary/aromatic N) is 2. The van der Waals surface area contributed by atoms with Gasteiger partial charge >= 0.3 is 0 Å². The fraction of sp³-hybridized carbons (Fsp3) is 0.515. The number of carbonyl (C=O) groups excluding carboxylic acids is 2. The summed E-state index contributed by atoms with van der Waals surface area (Å²) in [4.78, 5) is 30.9. The van der Waals surface area contributed by atoms with E-state index in [1.165, 1.54) is 0 Å². The number of amides is 1. The second-order valence-corrected chi connectivity index (χ2v) is 12.4. The Morgan fingerprint density at radius 2 is 1.73 bits per heavy atom. The molecule has 1 atom stereocenters. The molecule has 2 saturated heterocycles. The molecule has 2 aliphatic heterocycles. The van der Waals surface area contributed by atoms with Crippen LogP contribution in [0.2, 0.25) is 0 Å². The first-order valence-electron chi connectivity index (χ1n) is 14.4. The Morgan fingerprint density at radius 3 is 2.33 bits per heavy atom. The molecule has 4 rings (SSSR count). The highest BCUT2D eigenvalue weighted by molar-refractivity contribution is 6.46. The molecule has 216 valence electrons. The number of hydrogen-bond donors (Lipinski definition) is 1. The second-order valence-electron chi connectivity index (χ2n) is 12.4. The van der Waals surface area contributed by atoms with Crippen LogP contribution in [0.25, 0.3) is 5.76 Å². The summed E-state index contributed by atoms with van der Waals surface area (Å²) in [6.07, 6.45) is 0.727. The van der Waals surface area contributed by atoms with Crippen molar-refractivity contribution in [2.75, 3.05) is 46.0 Å². The molecular formula is C33H44N2O5. The van der Waals surface area contributed by atoms with Crippen LogP contribution in [0.1, 0.15) is 69.3 Å². The van der Waals surface area contributed by atoms with E-state index in [0.29, 0.717) is 43.6 Å². The van der Waals surface area contributed by atoms with Gasteiger partial charge in [0.25, 0.3) is 11.7 Å². The van der Waals surface area contributed by atoms with Crippen molar-refractivity contribution in [3.63, 3.8) is 0 Å². The minimum Gasteiger partial charge on any atom is -0.507 e. The van der Waals surface area contributed by atoms with Gasteiger partial charge in [-0.25, -0.2) is 0 Å². The maximum absolute atomic E-state index is 13.5. The standard InChI is InChI=1S/C33H44N2O5/c1-22(2)21-40-26-12-13-27(23(3)20-26)30(36)28-29(24-8-10-25(11-9-24)33(4,5)6)35(32(38)31(28)37)15-7-14-34-16-18-39-19-17-34/h8-13,20,22,29,36H,7,14-19,21H2,1-6H3/t29-/m0/s1. The molecule has 0 aromatic heterocycles. The van der Waals surface area contributed by atoms with Gasteiger partial charge in [0, 0.05) is 31.7 Å². The lowest BCUT2D eigenvalue weighted by Gasteiger charge is -2.29. The molecule has 0 bridgehead atoms. The zero-order valence-corrected chi connectivity index (χ0v) is 24.8. The summed E-state index contributed by atoms with van der Waals surface area (Å²) in [6.45, 7) is 17.5. The Balaban J connectivity index is 1.69. The number of ketones is 1. The predicted molar refractivity (Wildman–Crippen MR) is 158 cm³/mol. The first kappa shape index (κ1) is 29.8. The number of benzene rings is 2. The molecule has 2 heterocycles. The van der Waals surface area contributed by atoms with Gasteiger partial charge in [-0.05, 0) is 59.6 Å². The van der Waals surface area contributed by atoms with Gasteiger partial charge in [-0.15, -0.1) is 0 Å². The monoisotopic (exact) mass is 548 g/mol. The van der Waals surface area contributed by atoms with Crippen LogP contribution in [-0.4, -0.2) is 72.6 Å². The third kappa shape index (κ3) is 6.76. The molecule has 7 nitrogen and oxygen atoms in total. The highest BCUT2D eigenvalue weighted by Gasteiger charge is 2.46. The predicted octanol–water partition coefficient (Wildman–Crippen LogP) is 5.47. The number of morpholine rings is 1. The Hall–Kier alpha value is -3.16. The molecular weight excluding hydrogens is 504 g/mol. The minimum absolute atomic E-state index is 0.0327. The SMILES string of the molecule is Cc1cc(OCC(C)C)ccc1C(O)=C1C(=O)C(=O)N(CCCN2CCOCC2)[C@H]1c1ccc(C(C)(C)C)cc1. The van der Waals surface area contributed by atoms with E-state index in [-0.39, 0.29) is 16.7 Å². The lowest BCUT2D eigenvalue weighted by Crippen LogP contribution is -2.39. The maximum Gasteiger partial charge on any atom is 0.295 e.